The third-order valence-electron chi connectivity index (χ3n) is 5.69. The molecular weight excluding hydrogens is 370 g/mol. The monoisotopic (exact) mass is 399 g/mol. The second-order valence-electron chi connectivity index (χ2n) is 8.60. The maximum atomic E-state index is 13.1. The second kappa shape index (κ2) is 8.02. The molecule has 1 aliphatic carbocycles. The second-order valence-corrected chi connectivity index (χ2v) is 8.60. The first-order chi connectivity index (χ1) is 14.0. The molecule has 2 unspecified atom stereocenters. The Kier molecular flexibility index (Phi) is 5.45. The lowest BCUT2D eigenvalue weighted by molar-refractivity contribution is -0.142. The molecule has 0 radical (unpaired) electrons. The molecule has 3 N–H and O–H groups in total. The molecule has 8 nitrogen and oxygen atoms in total. The fourth-order valence-corrected chi connectivity index (χ4v) is 4.12. The predicted octanol–water partition coefficient (Wildman–Crippen LogP) is 1.32. The van der Waals surface area contributed by atoms with Crippen molar-refractivity contribution < 1.29 is 14.7 Å². The third-order valence-corrected chi connectivity index (χ3v) is 5.69. The minimum atomic E-state index is -0.484. The van der Waals surface area contributed by atoms with E-state index >= 15 is 0 Å². The van der Waals surface area contributed by atoms with Crippen LogP contribution in [0.1, 0.15) is 38.7 Å². The van der Waals surface area contributed by atoms with E-state index in [1.165, 1.54) is 5.01 Å². The Morgan fingerprint density at radius 1 is 1.41 bits per heavy atom. The van der Waals surface area contributed by atoms with Crippen molar-refractivity contribution in [1.29, 1.82) is 0 Å². The number of aliphatic hydroxyl groups excluding tert-OH is 1. The van der Waals surface area contributed by atoms with Crippen LogP contribution in [0.3, 0.4) is 0 Å². The molecule has 3 aliphatic rings. The van der Waals surface area contributed by atoms with Crippen molar-refractivity contribution in [2.45, 2.75) is 51.7 Å². The lowest BCUT2D eigenvalue weighted by Gasteiger charge is -2.42. The summed E-state index contributed by atoms with van der Waals surface area (Å²) in [7, 11) is 0. The van der Waals surface area contributed by atoms with Gasteiger partial charge in [-0.05, 0) is 43.2 Å². The van der Waals surface area contributed by atoms with Gasteiger partial charge in [-0.3, -0.25) is 19.6 Å². The van der Waals surface area contributed by atoms with Gasteiger partial charge in [0.05, 0.1) is 0 Å². The topological polar surface area (TPSA) is 97.8 Å². The molecule has 1 saturated carbocycles. The fraction of sp³-hybridized carbons (Fsp3) is 0.571. The van der Waals surface area contributed by atoms with Crippen LogP contribution in [0.25, 0.3) is 0 Å². The van der Waals surface area contributed by atoms with Crippen LogP contribution in [-0.2, 0) is 16.0 Å². The number of amides is 2. The first-order valence-electron chi connectivity index (χ1n) is 10.4. The molecule has 3 heterocycles. The standard InChI is InChI=1S/C21H29N5O3/c1-13(2)12-25-19-15(6-5-14-4-3-9-22-10-14)11-23-26(19)21(29)17(20(25)28)18(27)24-16-7-8-16/h3-4,9-10,13,15-16,19,23,28H,5-8,11-12H2,1-2H3,(H,24,27). The van der Waals surface area contributed by atoms with Gasteiger partial charge in [-0.2, -0.15) is 0 Å². The fourth-order valence-electron chi connectivity index (χ4n) is 4.12. The van der Waals surface area contributed by atoms with E-state index in [1.807, 2.05) is 23.2 Å². The van der Waals surface area contributed by atoms with Crippen molar-refractivity contribution >= 4 is 11.8 Å². The van der Waals surface area contributed by atoms with Gasteiger partial charge in [0.25, 0.3) is 11.8 Å². The molecule has 0 spiro atoms. The quantitative estimate of drug-likeness (QED) is 0.599. The van der Waals surface area contributed by atoms with E-state index in [-0.39, 0.29) is 35.5 Å². The Morgan fingerprint density at radius 3 is 2.86 bits per heavy atom. The number of aryl methyl sites for hydroxylation is 1. The number of aliphatic hydroxyl groups is 1. The van der Waals surface area contributed by atoms with Crippen LogP contribution in [0.15, 0.2) is 36.0 Å². The molecule has 1 aromatic heterocycles. The Balaban J connectivity index is 1.57. The van der Waals surface area contributed by atoms with Gasteiger partial charge in [-0.25, -0.2) is 5.43 Å². The molecule has 1 saturated heterocycles. The Bertz CT molecular complexity index is 806. The van der Waals surface area contributed by atoms with Crippen LogP contribution in [0.5, 0.6) is 0 Å². The van der Waals surface area contributed by atoms with Crippen LogP contribution in [0.2, 0.25) is 0 Å². The van der Waals surface area contributed by atoms with Crippen molar-refractivity contribution in [2.75, 3.05) is 13.1 Å². The van der Waals surface area contributed by atoms with E-state index in [0.29, 0.717) is 13.1 Å². The summed E-state index contributed by atoms with van der Waals surface area (Å²) < 4.78 is 0. The number of pyridine rings is 1. The number of carbonyl (C=O) groups is 2. The molecule has 29 heavy (non-hydrogen) atoms. The normalized spacial score (nSPS) is 24.3. The van der Waals surface area contributed by atoms with Gasteiger partial charge in [0.15, 0.2) is 5.57 Å². The molecule has 0 aromatic carbocycles. The minimum Gasteiger partial charge on any atom is -0.494 e. The lowest BCUT2D eigenvalue weighted by atomic mass is 9.95. The van der Waals surface area contributed by atoms with Crippen LogP contribution < -0.4 is 10.7 Å². The van der Waals surface area contributed by atoms with E-state index in [0.717, 1.165) is 31.2 Å². The minimum absolute atomic E-state index is 0.116. The van der Waals surface area contributed by atoms with Gasteiger partial charge in [0.2, 0.25) is 5.88 Å². The Hall–Kier alpha value is -2.61. The lowest BCUT2D eigenvalue weighted by Crippen LogP contribution is -2.59. The maximum absolute atomic E-state index is 13.1. The average Bonchev–Trinajstić information content (AvgIpc) is 3.40. The summed E-state index contributed by atoms with van der Waals surface area (Å²) in [6, 6.07) is 4.08. The summed E-state index contributed by atoms with van der Waals surface area (Å²) in [6.07, 6.45) is 6.83. The zero-order valence-corrected chi connectivity index (χ0v) is 17.0. The maximum Gasteiger partial charge on any atom is 0.280 e. The first-order valence-corrected chi connectivity index (χ1v) is 10.4. The van der Waals surface area contributed by atoms with E-state index in [1.54, 1.807) is 6.20 Å². The van der Waals surface area contributed by atoms with Crippen molar-refractivity contribution in [1.82, 2.24) is 25.6 Å². The van der Waals surface area contributed by atoms with Crippen LogP contribution in [0.4, 0.5) is 0 Å². The van der Waals surface area contributed by atoms with Crippen molar-refractivity contribution in [3.63, 3.8) is 0 Å². The highest BCUT2D eigenvalue weighted by atomic mass is 16.3. The third kappa shape index (κ3) is 4.07. The molecular formula is C21H29N5O3. The van der Waals surface area contributed by atoms with Gasteiger partial charge in [-0.15, -0.1) is 0 Å². The zero-order valence-electron chi connectivity index (χ0n) is 17.0. The zero-order chi connectivity index (χ0) is 20.5. The number of hydrazine groups is 1. The summed E-state index contributed by atoms with van der Waals surface area (Å²) in [5.74, 6) is -0.733. The highest BCUT2D eigenvalue weighted by Gasteiger charge is 2.49. The number of nitrogens with one attached hydrogen (secondary N) is 2. The molecule has 1 aromatic rings. The summed E-state index contributed by atoms with van der Waals surface area (Å²) in [4.78, 5) is 31.7. The number of hydrogen-bond donors (Lipinski definition) is 3. The highest BCUT2D eigenvalue weighted by molar-refractivity contribution is 6.19. The van der Waals surface area contributed by atoms with E-state index in [9.17, 15) is 14.7 Å². The molecule has 2 aliphatic heterocycles. The van der Waals surface area contributed by atoms with Crippen LogP contribution in [-0.4, -0.2) is 57.1 Å². The number of nitrogens with zero attached hydrogens (tertiary/aromatic N) is 3. The van der Waals surface area contributed by atoms with Gasteiger partial charge < -0.3 is 15.3 Å². The first kappa shape index (κ1) is 19.7. The van der Waals surface area contributed by atoms with E-state index in [2.05, 4.69) is 29.6 Å². The van der Waals surface area contributed by atoms with Gasteiger partial charge in [0, 0.05) is 37.4 Å². The van der Waals surface area contributed by atoms with Gasteiger partial charge >= 0.3 is 0 Å². The van der Waals surface area contributed by atoms with Crippen LogP contribution >= 0.6 is 0 Å². The molecule has 0 bridgehead atoms. The Morgan fingerprint density at radius 2 is 2.21 bits per heavy atom. The largest absolute Gasteiger partial charge is 0.494 e. The summed E-state index contributed by atoms with van der Waals surface area (Å²) in [5.41, 5.74) is 4.16. The molecule has 2 atom stereocenters. The average molecular weight is 399 g/mol. The van der Waals surface area contributed by atoms with E-state index < -0.39 is 11.8 Å². The summed E-state index contributed by atoms with van der Waals surface area (Å²) in [5, 5.41) is 15.3. The molecule has 2 fully saturated rings. The number of aromatic nitrogens is 1. The smallest absolute Gasteiger partial charge is 0.280 e. The number of hydrogen-bond acceptors (Lipinski definition) is 6. The highest BCUT2D eigenvalue weighted by Crippen LogP contribution is 2.34. The van der Waals surface area contributed by atoms with Gasteiger partial charge in [0.1, 0.15) is 6.17 Å². The van der Waals surface area contributed by atoms with Crippen molar-refractivity contribution in [3.05, 3.63) is 41.5 Å². The summed E-state index contributed by atoms with van der Waals surface area (Å²) >= 11 is 0. The summed E-state index contributed by atoms with van der Waals surface area (Å²) in [6.45, 7) is 5.30. The molecule has 156 valence electrons. The number of fused-ring (bicyclic) bond motifs is 1. The van der Waals surface area contributed by atoms with Crippen molar-refractivity contribution in [3.8, 4) is 0 Å². The molecule has 8 heteroatoms. The SMILES string of the molecule is CC(C)CN1C(O)=C(C(=O)NC2CC2)C(=O)N2NCC(CCc3cccnc3)C12. The predicted molar refractivity (Wildman–Crippen MR) is 107 cm³/mol. The Labute approximate surface area is 170 Å². The van der Waals surface area contributed by atoms with E-state index in [4.69, 9.17) is 0 Å². The number of carbonyl (C=O) groups excluding carboxylic acids is 2. The van der Waals surface area contributed by atoms with Gasteiger partial charge in [-0.1, -0.05) is 19.9 Å². The van der Waals surface area contributed by atoms with Crippen molar-refractivity contribution in [2.24, 2.45) is 11.8 Å². The van der Waals surface area contributed by atoms with Crippen LogP contribution in [0, 0.1) is 11.8 Å². The number of rotatable bonds is 7. The molecule has 2 amide bonds. The molecule has 4 rings (SSSR count).